The maximum Gasteiger partial charge on any atom is 0.123 e. The van der Waals surface area contributed by atoms with Crippen LogP contribution in [0.15, 0.2) is 113 Å². The van der Waals surface area contributed by atoms with Gasteiger partial charge in [-0.05, 0) is 78.9 Å². The summed E-state index contributed by atoms with van der Waals surface area (Å²) < 4.78 is 12.9. The number of piperazine rings is 2. The standard InChI is InChI=1S/C20H21Cl2N3S.C20H22FN3S/c21-17-5-4-15(14-18(17)22)26-13-12-24-8-10-25(11-9-24)20-3-1-2-19-16(20)6-7-23-19;21-16-4-6-17(7-5-16)25-15-14-23-10-12-24(13-11-23)20-3-1-2-19-18(20)8-9-22-19/h1-7,14,23H,8-13H2;1-9,22H,10-15H2. The number of rotatable bonds is 10. The third kappa shape index (κ3) is 9.38. The first kappa shape index (κ1) is 36.1. The monoisotopic (exact) mass is 760 g/mol. The maximum absolute atomic E-state index is 12.9. The molecule has 2 saturated heterocycles. The van der Waals surface area contributed by atoms with Crippen LogP contribution in [0.25, 0.3) is 21.8 Å². The highest BCUT2D eigenvalue weighted by molar-refractivity contribution is 7.99. The summed E-state index contributed by atoms with van der Waals surface area (Å²) in [6.07, 6.45) is 4.03. The average Bonchev–Trinajstić information content (AvgIpc) is 3.85. The number of H-pyrrole nitrogens is 2. The molecule has 0 radical (unpaired) electrons. The zero-order valence-corrected chi connectivity index (χ0v) is 31.7. The molecule has 8 rings (SSSR count). The summed E-state index contributed by atoms with van der Waals surface area (Å²) in [5.41, 5.74) is 5.09. The SMILES string of the molecule is Clc1ccc(SCCN2CCN(c3cccc4[nH]ccc34)CC2)cc1Cl.Fc1ccc(SCCN2CCN(c3cccc4[nH]ccc34)CC2)cc1. The lowest BCUT2D eigenvalue weighted by molar-refractivity contribution is 0.273. The molecule has 11 heteroatoms. The first-order chi connectivity index (χ1) is 25.0. The molecule has 2 N–H and O–H groups in total. The van der Waals surface area contributed by atoms with E-state index in [0.29, 0.717) is 10.0 Å². The third-order valence-corrected chi connectivity index (χ3v) is 12.3. The number of aromatic amines is 2. The molecule has 4 heterocycles. The van der Waals surface area contributed by atoms with E-state index in [4.69, 9.17) is 23.2 Å². The molecule has 0 saturated carbocycles. The Bertz CT molecular complexity index is 2000. The van der Waals surface area contributed by atoms with Crippen LogP contribution < -0.4 is 9.80 Å². The smallest absolute Gasteiger partial charge is 0.123 e. The van der Waals surface area contributed by atoms with Crippen LogP contribution in [0, 0.1) is 5.82 Å². The highest BCUT2D eigenvalue weighted by Gasteiger charge is 2.20. The Labute approximate surface area is 318 Å². The highest BCUT2D eigenvalue weighted by atomic mass is 35.5. The molecule has 4 aromatic carbocycles. The summed E-state index contributed by atoms with van der Waals surface area (Å²) in [6.45, 7) is 10.8. The van der Waals surface area contributed by atoms with Crippen LogP contribution in [0.1, 0.15) is 0 Å². The maximum atomic E-state index is 12.9. The van der Waals surface area contributed by atoms with E-state index >= 15 is 0 Å². The lowest BCUT2D eigenvalue weighted by Crippen LogP contribution is -2.47. The number of aromatic nitrogens is 2. The molecule has 2 aliphatic heterocycles. The number of hydrogen-bond acceptors (Lipinski definition) is 6. The highest BCUT2D eigenvalue weighted by Crippen LogP contribution is 2.30. The predicted molar refractivity (Wildman–Crippen MR) is 218 cm³/mol. The minimum atomic E-state index is -0.169. The normalized spacial score (nSPS) is 15.7. The molecule has 2 fully saturated rings. The zero-order chi connectivity index (χ0) is 35.0. The van der Waals surface area contributed by atoms with Gasteiger partial charge in [0.05, 0.1) is 10.0 Å². The summed E-state index contributed by atoms with van der Waals surface area (Å²) in [5, 5.41) is 3.87. The van der Waals surface area contributed by atoms with Crippen LogP contribution in [0.3, 0.4) is 0 Å². The van der Waals surface area contributed by atoms with Gasteiger partial charge in [-0.3, -0.25) is 9.80 Å². The number of benzene rings is 4. The van der Waals surface area contributed by atoms with Gasteiger partial charge in [0.1, 0.15) is 5.82 Å². The molecule has 0 aliphatic carbocycles. The second-order valence-electron chi connectivity index (χ2n) is 12.8. The van der Waals surface area contributed by atoms with Crippen molar-refractivity contribution >= 4 is 79.9 Å². The van der Waals surface area contributed by atoms with Gasteiger partial charge in [0.25, 0.3) is 0 Å². The van der Waals surface area contributed by atoms with E-state index in [1.54, 1.807) is 11.8 Å². The van der Waals surface area contributed by atoms with Crippen LogP contribution in [-0.4, -0.2) is 96.7 Å². The van der Waals surface area contributed by atoms with Crippen molar-refractivity contribution in [1.29, 1.82) is 0 Å². The Morgan fingerprint density at radius 2 is 1.04 bits per heavy atom. The largest absolute Gasteiger partial charge is 0.368 e. The van der Waals surface area contributed by atoms with Gasteiger partial charge >= 0.3 is 0 Å². The van der Waals surface area contributed by atoms with Crippen LogP contribution in [-0.2, 0) is 0 Å². The molecule has 6 aromatic rings. The fraction of sp³-hybridized carbons (Fsp3) is 0.300. The number of fused-ring (bicyclic) bond motifs is 2. The fourth-order valence-corrected chi connectivity index (χ4v) is 9.02. The number of thioether (sulfide) groups is 2. The van der Waals surface area contributed by atoms with E-state index < -0.39 is 0 Å². The van der Waals surface area contributed by atoms with Crippen molar-refractivity contribution in [3.63, 3.8) is 0 Å². The zero-order valence-electron chi connectivity index (χ0n) is 28.5. The van der Waals surface area contributed by atoms with Crippen LogP contribution in [0.5, 0.6) is 0 Å². The Morgan fingerprint density at radius 1 is 0.549 bits per heavy atom. The van der Waals surface area contributed by atoms with Gasteiger partial charge < -0.3 is 19.8 Å². The van der Waals surface area contributed by atoms with Gasteiger partial charge in [-0.25, -0.2) is 4.39 Å². The van der Waals surface area contributed by atoms with E-state index in [0.717, 1.165) is 81.8 Å². The molecule has 0 amide bonds. The quantitative estimate of drug-likeness (QED) is 0.136. The molecule has 2 aromatic heterocycles. The van der Waals surface area contributed by atoms with Gasteiger partial charge in [0.2, 0.25) is 0 Å². The number of halogens is 3. The summed E-state index contributed by atoms with van der Waals surface area (Å²) in [4.78, 5) is 19.0. The Morgan fingerprint density at radius 3 is 1.55 bits per heavy atom. The topological polar surface area (TPSA) is 44.5 Å². The van der Waals surface area contributed by atoms with Gasteiger partial charge in [-0.1, -0.05) is 35.3 Å². The van der Waals surface area contributed by atoms with E-state index in [1.807, 2.05) is 54.5 Å². The van der Waals surface area contributed by atoms with Crippen molar-refractivity contribution in [1.82, 2.24) is 19.8 Å². The van der Waals surface area contributed by atoms with E-state index in [2.05, 4.69) is 78.1 Å². The van der Waals surface area contributed by atoms with Gasteiger partial charge in [0.15, 0.2) is 0 Å². The summed E-state index contributed by atoms with van der Waals surface area (Å²) in [5.74, 6) is 1.93. The Balaban J connectivity index is 0.000000159. The van der Waals surface area contributed by atoms with Crippen molar-refractivity contribution in [3.8, 4) is 0 Å². The van der Waals surface area contributed by atoms with Crippen molar-refractivity contribution < 1.29 is 4.39 Å². The van der Waals surface area contributed by atoms with Crippen LogP contribution in [0.4, 0.5) is 15.8 Å². The van der Waals surface area contributed by atoms with Gasteiger partial charge in [0, 0.05) is 132 Å². The molecule has 6 nitrogen and oxygen atoms in total. The minimum absolute atomic E-state index is 0.169. The van der Waals surface area contributed by atoms with Gasteiger partial charge in [-0.2, -0.15) is 0 Å². The summed E-state index contributed by atoms with van der Waals surface area (Å²) >= 11 is 15.7. The van der Waals surface area contributed by atoms with Gasteiger partial charge in [-0.15, -0.1) is 23.5 Å². The molecule has 266 valence electrons. The molecule has 51 heavy (non-hydrogen) atoms. The number of nitrogens with one attached hydrogen (secondary N) is 2. The first-order valence-corrected chi connectivity index (χ1v) is 20.3. The summed E-state index contributed by atoms with van der Waals surface area (Å²) in [6, 6.07) is 29.9. The van der Waals surface area contributed by atoms with Crippen molar-refractivity contribution in [3.05, 3.63) is 119 Å². The molecule has 2 aliphatic rings. The molecule has 0 spiro atoms. The fourth-order valence-electron chi connectivity index (χ4n) is 6.80. The van der Waals surface area contributed by atoms with E-state index in [1.165, 1.54) is 50.2 Å². The minimum Gasteiger partial charge on any atom is -0.368 e. The molecular formula is C40H43Cl2FN6S2. The van der Waals surface area contributed by atoms with Crippen molar-refractivity contribution in [2.24, 2.45) is 0 Å². The first-order valence-electron chi connectivity index (χ1n) is 17.5. The Hall–Kier alpha value is -3.31. The Kier molecular flexibility index (Phi) is 12.4. The molecule has 0 unspecified atom stereocenters. The molecule has 0 atom stereocenters. The lowest BCUT2D eigenvalue weighted by Gasteiger charge is -2.36. The number of anilines is 2. The van der Waals surface area contributed by atoms with Crippen molar-refractivity contribution in [2.75, 3.05) is 86.8 Å². The van der Waals surface area contributed by atoms with Crippen LogP contribution in [0.2, 0.25) is 10.0 Å². The van der Waals surface area contributed by atoms with Crippen molar-refractivity contribution in [2.45, 2.75) is 9.79 Å². The third-order valence-electron chi connectivity index (χ3n) is 9.63. The molecular weight excluding hydrogens is 719 g/mol. The van der Waals surface area contributed by atoms with Crippen LogP contribution >= 0.6 is 46.7 Å². The molecule has 0 bridgehead atoms. The number of nitrogens with zero attached hydrogens (tertiary/aromatic N) is 4. The predicted octanol–water partition coefficient (Wildman–Crippen LogP) is 9.61. The number of hydrogen-bond donors (Lipinski definition) is 2. The second kappa shape index (κ2) is 17.5. The van der Waals surface area contributed by atoms with E-state index in [-0.39, 0.29) is 5.82 Å². The second-order valence-corrected chi connectivity index (χ2v) is 16.0. The van der Waals surface area contributed by atoms with E-state index in [9.17, 15) is 4.39 Å². The summed E-state index contributed by atoms with van der Waals surface area (Å²) in [7, 11) is 0. The average molecular weight is 762 g/mol. The lowest BCUT2D eigenvalue weighted by atomic mass is 10.2.